The Bertz CT molecular complexity index is 1150. The van der Waals surface area contributed by atoms with Crippen LogP contribution in [0, 0.1) is 0 Å². The summed E-state index contributed by atoms with van der Waals surface area (Å²) in [5, 5.41) is 22.9. The van der Waals surface area contributed by atoms with Crippen LogP contribution < -0.4 is 5.32 Å². The lowest BCUT2D eigenvalue weighted by molar-refractivity contribution is -0.143. The van der Waals surface area contributed by atoms with Gasteiger partial charge in [0.05, 0.1) is 25.4 Å². The van der Waals surface area contributed by atoms with Crippen molar-refractivity contribution in [3.05, 3.63) is 48.6 Å². The Balaban J connectivity index is 3.39. The Labute approximate surface area is 423 Å². The molecule has 2 unspecified atom stereocenters. The Kier molecular flexibility index (Phi) is 55.6. The summed E-state index contributed by atoms with van der Waals surface area (Å²) in [7, 11) is 0. The number of esters is 1. The van der Waals surface area contributed by atoms with Crippen LogP contribution in [0.15, 0.2) is 48.6 Å². The average Bonchev–Trinajstić information content (AvgIpc) is 3.34. The monoisotopic (exact) mass is 954 g/mol. The topological polar surface area (TPSA) is 95.9 Å². The van der Waals surface area contributed by atoms with Crippen molar-refractivity contribution >= 4 is 11.9 Å². The highest BCUT2D eigenvalue weighted by molar-refractivity contribution is 5.76. The van der Waals surface area contributed by atoms with Crippen molar-refractivity contribution in [1.82, 2.24) is 5.32 Å². The van der Waals surface area contributed by atoms with Crippen LogP contribution in [0.4, 0.5) is 0 Å². The lowest BCUT2D eigenvalue weighted by Gasteiger charge is -2.20. The van der Waals surface area contributed by atoms with Crippen LogP contribution in [0.2, 0.25) is 0 Å². The maximum atomic E-state index is 12.4. The Morgan fingerprint density at radius 1 is 0.412 bits per heavy atom. The van der Waals surface area contributed by atoms with Gasteiger partial charge in [0.1, 0.15) is 0 Å². The number of carbonyl (C=O) groups excluding carboxylic acids is 2. The smallest absolute Gasteiger partial charge is 0.305 e. The van der Waals surface area contributed by atoms with E-state index in [1.165, 1.54) is 225 Å². The predicted octanol–water partition coefficient (Wildman–Crippen LogP) is 18.6. The summed E-state index contributed by atoms with van der Waals surface area (Å²) in [4.78, 5) is 24.5. The van der Waals surface area contributed by atoms with Crippen LogP contribution in [-0.4, -0.2) is 47.4 Å². The number of hydrogen-bond acceptors (Lipinski definition) is 5. The Morgan fingerprint density at radius 3 is 1.16 bits per heavy atom. The second-order valence-corrected chi connectivity index (χ2v) is 20.3. The van der Waals surface area contributed by atoms with E-state index in [1.807, 2.05) is 6.08 Å². The minimum absolute atomic E-state index is 0.00658. The van der Waals surface area contributed by atoms with Crippen LogP contribution in [0.25, 0.3) is 0 Å². The molecule has 0 radical (unpaired) electrons. The molecule has 0 saturated heterocycles. The molecule has 0 aliphatic rings. The van der Waals surface area contributed by atoms with Crippen LogP contribution in [0.3, 0.4) is 0 Å². The molecule has 3 N–H and O–H groups in total. The normalized spacial score (nSPS) is 12.9. The molecule has 0 bridgehead atoms. The number of unbranched alkanes of at least 4 members (excludes halogenated alkanes) is 38. The zero-order chi connectivity index (χ0) is 49.3. The summed E-state index contributed by atoms with van der Waals surface area (Å²) in [5.74, 6) is -0.0709. The average molecular weight is 955 g/mol. The van der Waals surface area contributed by atoms with Crippen molar-refractivity contribution < 1.29 is 24.5 Å². The van der Waals surface area contributed by atoms with Gasteiger partial charge in [-0.1, -0.05) is 255 Å². The summed E-state index contributed by atoms with van der Waals surface area (Å²) in [6.45, 7) is 4.85. The van der Waals surface area contributed by atoms with Gasteiger partial charge in [-0.05, 0) is 89.9 Å². The van der Waals surface area contributed by atoms with Crippen molar-refractivity contribution in [3.8, 4) is 0 Å². The van der Waals surface area contributed by atoms with Gasteiger partial charge in [0.15, 0.2) is 0 Å². The zero-order valence-electron chi connectivity index (χ0n) is 45.3. The standard InChI is InChI=1S/C62H115NO5/c1-3-5-7-9-11-13-14-15-16-17-23-27-30-33-36-40-44-48-52-56-62(67)68-57-53-49-45-41-37-34-31-28-25-22-20-18-19-21-24-26-29-32-35-39-43-47-51-55-61(66)63-59(58-64)60(65)54-50-46-42-38-12-10-8-6-4-2/h11,13,15-16,21,24,50,54,59-60,64-65H,3-10,12,14,17-20,22-23,25-49,51-53,55-58H2,1-2H3,(H,63,66)/b13-11-,16-15-,24-21-,54-50+. The molecule has 0 saturated carbocycles. The van der Waals surface area contributed by atoms with Gasteiger partial charge in [0.25, 0.3) is 0 Å². The molecule has 6 heteroatoms. The number of aliphatic hydroxyl groups is 2. The quantitative estimate of drug-likeness (QED) is 0.0321. The summed E-state index contributed by atoms with van der Waals surface area (Å²) >= 11 is 0. The third kappa shape index (κ3) is 53.2. The molecule has 68 heavy (non-hydrogen) atoms. The number of aliphatic hydroxyl groups excluding tert-OH is 2. The van der Waals surface area contributed by atoms with E-state index in [0.29, 0.717) is 19.4 Å². The molecule has 0 spiro atoms. The van der Waals surface area contributed by atoms with Gasteiger partial charge < -0.3 is 20.3 Å². The molecule has 0 heterocycles. The SMILES string of the molecule is CCCCC/C=C\C/C=C\CCCCCCCCCCCC(=O)OCCCCCCCCCCCCCC/C=C\CCCCCCCCCC(=O)NC(CO)C(O)/C=C/CCCCCCCCC. The van der Waals surface area contributed by atoms with Crippen molar-refractivity contribution in [2.45, 2.75) is 321 Å². The van der Waals surface area contributed by atoms with E-state index in [1.54, 1.807) is 6.08 Å². The third-order valence-corrected chi connectivity index (χ3v) is 13.6. The minimum Gasteiger partial charge on any atom is -0.466 e. The first-order valence-corrected chi connectivity index (χ1v) is 29.9. The molecule has 0 fully saturated rings. The Hall–Kier alpha value is -2.18. The van der Waals surface area contributed by atoms with Crippen LogP contribution in [-0.2, 0) is 14.3 Å². The lowest BCUT2D eigenvalue weighted by atomic mass is 10.0. The van der Waals surface area contributed by atoms with Gasteiger partial charge in [0.2, 0.25) is 5.91 Å². The molecule has 0 aromatic rings. The summed E-state index contributed by atoms with van der Waals surface area (Å²) in [5.41, 5.74) is 0. The number of amides is 1. The summed E-state index contributed by atoms with van der Waals surface area (Å²) in [6.07, 6.45) is 73.0. The van der Waals surface area contributed by atoms with Gasteiger partial charge in [0, 0.05) is 12.8 Å². The van der Waals surface area contributed by atoms with Crippen molar-refractivity contribution in [3.63, 3.8) is 0 Å². The fourth-order valence-electron chi connectivity index (χ4n) is 8.95. The maximum Gasteiger partial charge on any atom is 0.305 e. The third-order valence-electron chi connectivity index (χ3n) is 13.6. The van der Waals surface area contributed by atoms with Gasteiger partial charge >= 0.3 is 5.97 Å². The van der Waals surface area contributed by atoms with E-state index in [9.17, 15) is 19.8 Å². The number of nitrogens with one attached hydrogen (secondary N) is 1. The first-order chi connectivity index (χ1) is 33.5. The van der Waals surface area contributed by atoms with Gasteiger partial charge in [-0.15, -0.1) is 0 Å². The number of hydrogen-bond donors (Lipinski definition) is 3. The molecule has 398 valence electrons. The molecule has 0 aromatic heterocycles. The lowest BCUT2D eigenvalue weighted by Crippen LogP contribution is -2.45. The maximum absolute atomic E-state index is 12.4. The minimum atomic E-state index is -0.846. The molecule has 6 nitrogen and oxygen atoms in total. The zero-order valence-corrected chi connectivity index (χ0v) is 45.3. The molecular weight excluding hydrogens is 839 g/mol. The fraction of sp³-hybridized carbons (Fsp3) is 0.839. The first kappa shape index (κ1) is 65.8. The van der Waals surface area contributed by atoms with E-state index in [0.717, 1.165) is 57.8 Å². The molecule has 1 amide bonds. The van der Waals surface area contributed by atoms with Crippen molar-refractivity contribution in [1.29, 1.82) is 0 Å². The molecule has 2 atom stereocenters. The van der Waals surface area contributed by atoms with Crippen LogP contribution >= 0.6 is 0 Å². The number of ether oxygens (including phenoxy) is 1. The highest BCUT2D eigenvalue weighted by atomic mass is 16.5. The van der Waals surface area contributed by atoms with Crippen LogP contribution in [0.5, 0.6) is 0 Å². The second-order valence-electron chi connectivity index (χ2n) is 20.3. The fourth-order valence-corrected chi connectivity index (χ4v) is 8.95. The van der Waals surface area contributed by atoms with E-state index in [-0.39, 0.29) is 18.5 Å². The second kappa shape index (κ2) is 57.4. The highest BCUT2D eigenvalue weighted by Gasteiger charge is 2.18. The van der Waals surface area contributed by atoms with Gasteiger partial charge in [-0.3, -0.25) is 9.59 Å². The molecule has 0 aromatic carbocycles. The van der Waals surface area contributed by atoms with Gasteiger partial charge in [-0.2, -0.15) is 0 Å². The summed E-state index contributed by atoms with van der Waals surface area (Å²) in [6, 6.07) is -0.631. The van der Waals surface area contributed by atoms with Crippen molar-refractivity contribution in [2.75, 3.05) is 13.2 Å². The number of carbonyl (C=O) groups is 2. The van der Waals surface area contributed by atoms with Crippen LogP contribution in [0.1, 0.15) is 309 Å². The molecular formula is C62H115NO5. The predicted molar refractivity (Wildman–Crippen MR) is 296 cm³/mol. The molecule has 0 aliphatic heterocycles. The number of rotatable bonds is 55. The highest BCUT2D eigenvalue weighted by Crippen LogP contribution is 2.16. The van der Waals surface area contributed by atoms with Crippen molar-refractivity contribution in [2.24, 2.45) is 0 Å². The molecule has 0 rings (SSSR count). The molecule has 0 aliphatic carbocycles. The largest absolute Gasteiger partial charge is 0.466 e. The first-order valence-electron chi connectivity index (χ1n) is 29.9. The Morgan fingerprint density at radius 2 is 0.735 bits per heavy atom. The van der Waals surface area contributed by atoms with Gasteiger partial charge in [-0.25, -0.2) is 0 Å². The summed E-state index contributed by atoms with van der Waals surface area (Å²) < 4.78 is 5.49. The van der Waals surface area contributed by atoms with E-state index in [4.69, 9.17) is 4.74 Å². The van der Waals surface area contributed by atoms with E-state index >= 15 is 0 Å². The van der Waals surface area contributed by atoms with E-state index < -0.39 is 12.1 Å². The van der Waals surface area contributed by atoms with E-state index in [2.05, 4.69) is 55.6 Å². The number of allylic oxidation sites excluding steroid dienone is 7.